The van der Waals surface area contributed by atoms with Gasteiger partial charge in [-0.15, -0.1) is 0 Å². The fourth-order valence-corrected chi connectivity index (χ4v) is 2.75. The van der Waals surface area contributed by atoms with E-state index in [1.54, 1.807) is 7.11 Å². The molecule has 18 heavy (non-hydrogen) atoms. The molecule has 106 valence electrons. The molecular formula is C13H26N2O3. The Morgan fingerprint density at radius 3 is 2.83 bits per heavy atom. The number of methoxy groups -OCH3 is 1. The maximum Gasteiger partial charge on any atom is 0.228 e. The Bertz CT molecular complexity index is 273. The molecule has 1 fully saturated rings. The first-order chi connectivity index (χ1) is 8.52. The Kier molecular flexibility index (Phi) is 6.05. The maximum atomic E-state index is 12.2. The van der Waals surface area contributed by atoms with Gasteiger partial charge in [-0.2, -0.15) is 0 Å². The van der Waals surface area contributed by atoms with Crippen molar-refractivity contribution in [3.05, 3.63) is 0 Å². The minimum Gasteiger partial charge on any atom is -0.395 e. The van der Waals surface area contributed by atoms with Crippen LogP contribution in [0.1, 0.15) is 20.3 Å². The number of aliphatic hydroxyl groups excluding tert-OH is 1. The molecule has 1 saturated heterocycles. The van der Waals surface area contributed by atoms with Gasteiger partial charge in [-0.25, -0.2) is 0 Å². The number of ether oxygens (including phenoxy) is 1. The number of hydrogen-bond donors (Lipinski definition) is 1. The van der Waals surface area contributed by atoms with E-state index in [1.807, 2.05) is 18.9 Å². The van der Waals surface area contributed by atoms with Gasteiger partial charge in [-0.05, 0) is 20.4 Å². The number of carbonyl (C=O) groups is 1. The number of hydrogen-bond acceptors (Lipinski definition) is 4. The summed E-state index contributed by atoms with van der Waals surface area (Å²) in [5.74, 6) is 0.0867. The van der Waals surface area contributed by atoms with E-state index < -0.39 is 0 Å². The van der Waals surface area contributed by atoms with Gasteiger partial charge in [0.2, 0.25) is 5.91 Å². The van der Waals surface area contributed by atoms with Crippen LogP contribution in [-0.4, -0.2) is 73.4 Å². The van der Waals surface area contributed by atoms with Crippen LogP contribution in [0.5, 0.6) is 0 Å². The van der Waals surface area contributed by atoms with Crippen LogP contribution in [0.15, 0.2) is 0 Å². The summed E-state index contributed by atoms with van der Waals surface area (Å²) in [5, 5.41) is 8.98. The molecule has 1 N–H and O–H groups in total. The van der Waals surface area contributed by atoms with Gasteiger partial charge in [0.25, 0.3) is 0 Å². The van der Waals surface area contributed by atoms with Crippen molar-refractivity contribution in [1.82, 2.24) is 9.80 Å². The summed E-state index contributed by atoms with van der Waals surface area (Å²) in [6.45, 7) is 6.08. The largest absolute Gasteiger partial charge is 0.395 e. The fraction of sp³-hybridized carbons (Fsp3) is 0.923. The quantitative estimate of drug-likeness (QED) is 0.738. The zero-order valence-corrected chi connectivity index (χ0v) is 11.9. The highest BCUT2D eigenvalue weighted by molar-refractivity contribution is 5.79. The summed E-state index contributed by atoms with van der Waals surface area (Å²) in [7, 11) is 3.62. The van der Waals surface area contributed by atoms with Crippen LogP contribution in [0, 0.1) is 5.92 Å². The summed E-state index contributed by atoms with van der Waals surface area (Å²) in [6, 6.07) is 0.546. The number of carbonyl (C=O) groups excluding carboxylic acids is 1. The van der Waals surface area contributed by atoms with Crippen molar-refractivity contribution in [3.8, 4) is 0 Å². The molecule has 1 aliphatic rings. The number of amides is 1. The average Bonchev–Trinajstić information content (AvgIpc) is 2.71. The van der Waals surface area contributed by atoms with Gasteiger partial charge >= 0.3 is 0 Å². The van der Waals surface area contributed by atoms with Crippen LogP contribution in [-0.2, 0) is 9.53 Å². The molecule has 1 rings (SSSR count). The third-order valence-corrected chi connectivity index (χ3v) is 3.85. The normalized spacial score (nSPS) is 25.8. The second-order valence-corrected chi connectivity index (χ2v) is 5.19. The van der Waals surface area contributed by atoms with Crippen molar-refractivity contribution < 1.29 is 14.6 Å². The molecule has 0 bridgehead atoms. The Morgan fingerprint density at radius 1 is 1.61 bits per heavy atom. The van der Waals surface area contributed by atoms with E-state index in [0.717, 1.165) is 13.0 Å². The van der Waals surface area contributed by atoms with Crippen molar-refractivity contribution in [2.24, 2.45) is 5.92 Å². The molecule has 1 amide bonds. The summed E-state index contributed by atoms with van der Waals surface area (Å²) in [5.41, 5.74) is 0. The van der Waals surface area contributed by atoms with Gasteiger partial charge in [-0.1, -0.05) is 6.92 Å². The van der Waals surface area contributed by atoms with Crippen molar-refractivity contribution in [2.45, 2.75) is 32.4 Å². The zero-order chi connectivity index (χ0) is 13.7. The van der Waals surface area contributed by atoms with Crippen LogP contribution < -0.4 is 0 Å². The smallest absolute Gasteiger partial charge is 0.228 e. The fourth-order valence-electron chi connectivity index (χ4n) is 2.75. The first kappa shape index (κ1) is 15.4. The highest BCUT2D eigenvalue weighted by Crippen LogP contribution is 2.23. The molecule has 3 atom stereocenters. The van der Waals surface area contributed by atoms with E-state index in [4.69, 9.17) is 9.84 Å². The second-order valence-electron chi connectivity index (χ2n) is 5.19. The lowest BCUT2D eigenvalue weighted by Crippen LogP contribution is -2.46. The van der Waals surface area contributed by atoms with Crippen molar-refractivity contribution in [1.29, 1.82) is 0 Å². The van der Waals surface area contributed by atoms with E-state index >= 15 is 0 Å². The molecule has 0 radical (unpaired) electrons. The third-order valence-electron chi connectivity index (χ3n) is 3.85. The molecule has 0 aromatic heterocycles. The predicted octanol–water partition coefficient (Wildman–Crippen LogP) is 0.182. The lowest BCUT2D eigenvalue weighted by Gasteiger charge is -2.31. The SMILES string of the molecule is COCC(C)C(=O)N1CC[C@@H](N(C)CCO)[C@H]1C. The predicted molar refractivity (Wildman–Crippen MR) is 70.3 cm³/mol. The number of likely N-dealkylation sites (N-methyl/N-ethyl adjacent to an activating group) is 1. The third kappa shape index (κ3) is 3.43. The van der Waals surface area contributed by atoms with E-state index in [2.05, 4.69) is 11.8 Å². The number of likely N-dealkylation sites (tertiary alicyclic amines) is 1. The minimum absolute atomic E-state index is 0.0839. The van der Waals surface area contributed by atoms with Crippen LogP contribution in [0.3, 0.4) is 0 Å². The van der Waals surface area contributed by atoms with Crippen molar-refractivity contribution in [2.75, 3.05) is 40.5 Å². The summed E-state index contributed by atoms with van der Waals surface area (Å²) in [4.78, 5) is 16.3. The van der Waals surface area contributed by atoms with E-state index in [-0.39, 0.29) is 24.5 Å². The molecule has 1 heterocycles. The molecule has 0 saturated carbocycles. The van der Waals surface area contributed by atoms with Crippen LogP contribution in [0.25, 0.3) is 0 Å². The minimum atomic E-state index is -0.0839. The second kappa shape index (κ2) is 7.07. The topological polar surface area (TPSA) is 53.0 Å². The van der Waals surface area contributed by atoms with Gasteiger partial charge in [0.05, 0.1) is 19.1 Å². The molecule has 0 aliphatic carbocycles. The number of rotatable bonds is 6. The molecule has 0 aromatic carbocycles. The van der Waals surface area contributed by atoms with E-state index in [1.165, 1.54) is 0 Å². The van der Waals surface area contributed by atoms with Gasteiger partial charge in [0, 0.05) is 32.3 Å². The first-order valence-corrected chi connectivity index (χ1v) is 6.63. The molecule has 5 nitrogen and oxygen atoms in total. The van der Waals surface area contributed by atoms with E-state index in [9.17, 15) is 4.79 Å². The van der Waals surface area contributed by atoms with Crippen molar-refractivity contribution in [3.63, 3.8) is 0 Å². The zero-order valence-electron chi connectivity index (χ0n) is 11.9. The van der Waals surface area contributed by atoms with Gasteiger partial charge in [0.15, 0.2) is 0 Å². The van der Waals surface area contributed by atoms with Gasteiger partial charge in [-0.3, -0.25) is 9.69 Å². The Morgan fingerprint density at radius 2 is 2.28 bits per heavy atom. The summed E-state index contributed by atoms with van der Waals surface area (Å²) in [6.07, 6.45) is 0.975. The Hall–Kier alpha value is -0.650. The van der Waals surface area contributed by atoms with Crippen molar-refractivity contribution >= 4 is 5.91 Å². The molecule has 0 spiro atoms. The number of aliphatic hydroxyl groups is 1. The van der Waals surface area contributed by atoms with Gasteiger partial charge in [0.1, 0.15) is 0 Å². The Labute approximate surface area is 110 Å². The standard InChI is InChI=1S/C13H26N2O3/c1-10(9-18-4)13(17)15-6-5-12(11(15)2)14(3)7-8-16/h10-12,16H,5-9H2,1-4H3/t10?,11-,12-/m1/s1. The lowest BCUT2D eigenvalue weighted by molar-refractivity contribution is -0.137. The average molecular weight is 258 g/mol. The highest BCUT2D eigenvalue weighted by atomic mass is 16.5. The van der Waals surface area contributed by atoms with E-state index in [0.29, 0.717) is 19.2 Å². The lowest BCUT2D eigenvalue weighted by atomic mass is 10.1. The van der Waals surface area contributed by atoms with Crippen LogP contribution in [0.2, 0.25) is 0 Å². The highest BCUT2D eigenvalue weighted by Gasteiger charge is 2.37. The monoisotopic (exact) mass is 258 g/mol. The Balaban J connectivity index is 2.58. The van der Waals surface area contributed by atoms with Crippen LogP contribution in [0.4, 0.5) is 0 Å². The molecular weight excluding hydrogens is 232 g/mol. The molecule has 5 heteroatoms. The summed E-state index contributed by atoms with van der Waals surface area (Å²) >= 11 is 0. The summed E-state index contributed by atoms with van der Waals surface area (Å²) < 4.78 is 5.04. The molecule has 1 aliphatic heterocycles. The van der Waals surface area contributed by atoms with Gasteiger partial charge < -0.3 is 14.7 Å². The maximum absolute atomic E-state index is 12.2. The molecule has 0 aromatic rings. The van der Waals surface area contributed by atoms with Crippen LogP contribution >= 0.6 is 0 Å². The number of nitrogens with zero attached hydrogens (tertiary/aromatic N) is 2. The first-order valence-electron chi connectivity index (χ1n) is 6.63. The molecule has 1 unspecified atom stereocenters.